The van der Waals surface area contributed by atoms with Gasteiger partial charge in [-0.3, -0.25) is 9.69 Å². The van der Waals surface area contributed by atoms with Gasteiger partial charge in [0.15, 0.2) is 10.3 Å². The van der Waals surface area contributed by atoms with Gasteiger partial charge in [-0.1, -0.05) is 55.1 Å². The van der Waals surface area contributed by atoms with Gasteiger partial charge in [0, 0.05) is 24.6 Å². The lowest BCUT2D eigenvalue weighted by Gasteiger charge is -2.20. The summed E-state index contributed by atoms with van der Waals surface area (Å²) in [5.74, 6) is 0.639. The van der Waals surface area contributed by atoms with Crippen LogP contribution in [0.1, 0.15) is 25.1 Å². The molecule has 0 spiro atoms. The molecule has 4 aromatic rings. The van der Waals surface area contributed by atoms with Crippen LogP contribution in [0.2, 0.25) is 0 Å². The molecular weight excluding hydrogens is 424 g/mol. The van der Waals surface area contributed by atoms with Crippen molar-refractivity contribution in [3.05, 3.63) is 77.8 Å². The van der Waals surface area contributed by atoms with Gasteiger partial charge in [0.2, 0.25) is 5.91 Å². The van der Waals surface area contributed by atoms with Crippen molar-refractivity contribution in [1.82, 2.24) is 14.5 Å². The molecule has 2 heterocycles. The molecule has 2 aromatic carbocycles. The summed E-state index contributed by atoms with van der Waals surface area (Å²) in [6, 6.07) is 16.1. The van der Waals surface area contributed by atoms with E-state index in [0.717, 1.165) is 39.6 Å². The van der Waals surface area contributed by atoms with Gasteiger partial charge < -0.3 is 4.57 Å². The first kappa shape index (κ1) is 21.3. The molecule has 0 unspecified atom stereocenters. The van der Waals surface area contributed by atoms with Crippen molar-refractivity contribution < 1.29 is 4.79 Å². The molecule has 0 aliphatic heterocycles. The number of para-hydroxylation sites is 3. The third kappa shape index (κ3) is 4.43. The lowest BCUT2D eigenvalue weighted by Crippen LogP contribution is -2.23. The molecule has 0 saturated heterocycles. The molecule has 2 aromatic heterocycles. The predicted molar refractivity (Wildman–Crippen MR) is 130 cm³/mol. The number of amides is 1. The van der Waals surface area contributed by atoms with Crippen molar-refractivity contribution >= 4 is 50.9 Å². The Bertz CT molecular complexity index is 1230. The fourth-order valence-corrected chi connectivity index (χ4v) is 5.41. The van der Waals surface area contributed by atoms with Crippen molar-refractivity contribution in [2.75, 3.05) is 4.90 Å². The number of rotatable bonds is 8. The number of thiazole rings is 1. The number of aryl methyl sites for hydroxylation is 1. The van der Waals surface area contributed by atoms with Crippen LogP contribution in [-0.4, -0.2) is 20.4 Å². The molecule has 0 atom stereocenters. The third-order valence-electron chi connectivity index (χ3n) is 4.94. The number of carbonyl (C=O) groups is 1. The molecule has 0 saturated carbocycles. The first-order chi connectivity index (χ1) is 15.1. The number of fused-ring (bicyclic) bond motifs is 1. The standard InChI is InChI=1S/C24H24N4OS2/c1-4-14-27-22-13-9-7-11-20(22)26-23(27)30-15-19-16-31-24(25-19)28(17(3)29)21-12-8-6-10-18(21)5-2/h4,6-13,16H,1,5,14-15H2,2-3H3. The fourth-order valence-electron chi connectivity index (χ4n) is 3.51. The van der Waals surface area contributed by atoms with Crippen LogP contribution in [0.4, 0.5) is 10.8 Å². The number of thioether (sulfide) groups is 1. The number of hydrogen-bond donors (Lipinski definition) is 0. The summed E-state index contributed by atoms with van der Waals surface area (Å²) in [5, 5.41) is 3.66. The number of anilines is 2. The second kappa shape index (κ2) is 9.49. The van der Waals surface area contributed by atoms with Gasteiger partial charge >= 0.3 is 0 Å². The Balaban J connectivity index is 1.58. The van der Waals surface area contributed by atoms with Crippen molar-refractivity contribution in [1.29, 1.82) is 0 Å². The van der Waals surface area contributed by atoms with Crippen LogP contribution in [0, 0.1) is 0 Å². The molecule has 0 aliphatic carbocycles. The van der Waals surface area contributed by atoms with E-state index in [2.05, 4.69) is 30.2 Å². The van der Waals surface area contributed by atoms with Crippen LogP contribution in [0.3, 0.4) is 0 Å². The van der Waals surface area contributed by atoms with E-state index in [1.54, 1.807) is 23.6 Å². The zero-order valence-corrected chi connectivity index (χ0v) is 19.2. The zero-order chi connectivity index (χ0) is 21.8. The highest BCUT2D eigenvalue weighted by Crippen LogP contribution is 2.33. The minimum Gasteiger partial charge on any atom is -0.315 e. The molecule has 158 valence electrons. The third-order valence-corrected chi connectivity index (χ3v) is 6.82. The minimum absolute atomic E-state index is 0.0396. The maximum atomic E-state index is 12.5. The van der Waals surface area contributed by atoms with Gasteiger partial charge in [-0.25, -0.2) is 9.97 Å². The van der Waals surface area contributed by atoms with Gasteiger partial charge in [-0.05, 0) is 30.2 Å². The summed E-state index contributed by atoms with van der Waals surface area (Å²) in [5.41, 5.74) is 5.04. The van der Waals surface area contributed by atoms with E-state index >= 15 is 0 Å². The van der Waals surface area contributed by atoms with Crippen LogP contribution < -0.4 is 4.90 Å². The summed E-state index contributed by atoms with van der Waals surface area (Å²) < 4.78 is 2.17. The Morgan fingerprint density at radius 3 is 2.74 bits per heavy atom. The SMILES string of the molecule is C=CCn1c(SCc2csc(N(C(C)=O)c3ccccc3CC)n2)nc2ccccc21. The number of aromatic nitrogens is 3. The average molecular weight is 449 g/mol. The number of imidazole rings is 1. The number of hydrogen-bond acceptors (Lipinski definition) is 5. The number of carbonyl (C=O) groups excluding carboxylic acids is 1. The Morgan fingerprint density at radius 2 is 1.97 bits per heavy atom. The van der Waals surface area contributed by atoms with Gasteiger partial charge in [0.05, 0.1) is 22.4 Å². The van der Waals surface area contributed by atoms with Crippen LogP contribution >= 0.6 is 23.1 Å². The molecular formula is C24H24N4OS2. The molecule has 1 amide bonds. The average Bonchev–Trinajstić information content (AvgIpc) is 3.38. The van der Waals surface area contributed by atoms with Crippen molar-refractivity contribution in [2.24, 2.45) is 0 Å². The van der Waals surface area contributed by atoms with E-state index in [1.807, 2.05) is 47.9 Å². The van der Waals surface area contributed by atoms with E-state index in [9.17, 15) is 4.79 Å². The van der Waals surface area contributed by atoms with Gasteiger partial charge in [-0.2, -0.15) is 0 Å². The molecule has 31 heavy (non-hydrogen) atoms. The normalized spacial score (nSPS) is 11.0. The molecule has 0 fully saturated rings. The summed E-state index contributed by atoms with van der Waals surface area (Å²) in [7, 11) is 0. The Labute approximate surface area is 190 Å². The van der Waals surface area contributed by atoms with Gasteiger partial charge in [0.25, 0.3) is 0 Å². The fraction of sp³-hybridized carbons (Fsp3) is 0.208. The summed E-state index contributed by atoms with van der Waals surface area (Å²) in [6.45, 7) is 8.26. The van der Waals surface area contributed by atoms with Gasteiger partial charge in [-0.15, -0.1) is 17.9 Å². The van der Waals surface area contributed by atoms with Gasteiger partial charge in [0.1, 0.15) is 0 Å². The van der Waals surface area contributed by atoms with Crippen LogP contribution in [0.15, 0.2) is 71.7 Å². The lowest BCUT2D eigenvalue weighted by molar-refractivity contribution is -0.115. The van der Waals surface area contributed by atoms with E-state index in [1.165, 1.54) is 11.3 Å². The monoisotopic (exact) mass is 448 g/mol. The van der Waals surface area contributed by atoms with E-state index in [4.69, 9.17) is 9.97 Å². The molecule has 7 heteroatoms. The van der Waals surface area contributed by atoms with E-state index in [-0.39, 0.29) is 5.91 Å². The lowest BCUT2D eigenvalue weighted by atomic mass is 10.1. The largest absolute Gasteiger partial charge is 0.315 e. The second-order valence-electron chi connectivity index (χ2n) is 7.03. The first-order valence-electron chi connectivity index (χ1n) is 10.1. The summed E-state index contributed by atoms with van der Waals surface area (Å²) in [4.78, 5) is 23.7. The minimum atomic E-state index is -0.0396. The maximum Gasteiger partial charge on any atom is 0.230 e. The van der Waals surface area contributed by atoms with E-state index in [0.29, 0.717) is 17.4 Å². The van der Waals surface area contributed by atoms with Crippen LogP contribution in [0.5, 0.6) is 0 Å². The molecule has 0 radical (unpaired) electrons. The molecule has 0 N–H and O–H groups in total. The Hall–Kier alpha value is -2.90. The first-order valence-corrected chi connectivity index (χ1v) is 12.0. The molecule has 5 nitrogen and oxygen atoms in total. The smallest absolute Gasteiger partial charge is 0.230 e. The highest BCUT2D eigenvalue weighted by Gasteiger charge is 2.20. The molecule has 0 bridgehead atoms. The Morgan fingerprint density at radius 1 is 1.19 bits per heavy atom. The second-order valence-corrected chi connectivity index (χ2v) is 8.81. The van der Waals surface area contributed by atoms with Crippen molar-refractivity contribution in [2.45, 2.75) is 37.7 Å². The van der Waals surface area contributed by atoms with Crippen LogP contribution in [-0.2, 0) is 23.5 Å². The number of allylic oxidation sites excluding steroid dienone is 1. The predicted octanol–water partition coefficient (Wildman–Crippen LogP) is 6.22. The summed E-state index contributed by atoms with van der Waals surface area (Å²) in [6.07, 6.45) is 2.74. The number of benzene rings is 2. The maximum absolute atomic E-state index is 12.5. The van der Waals surface area contributed by atoms with Crippen LogP contribution in [0.25, 0.3) is 11.0 Å². The van der Waals surface area contributed by atoms with E-state index < -0.39 is 0 Å². The highest BCUT2D eigenvalue weighted by molar-refractivity contribution is 7.98. The summed E-state index contributed by atoms with van der Waals surface area (Å²) >= 11 is 3.14. The van der Waals surface area contributed by atoms with Crippen molar-refractivity contribution in [3.8, 4) is 0 Å². The molecule has 4 rings (SSSR count). The topological polar surface area (TPSA) is 51.0 Å². The molecule has 0 aliphatic rings. The number of nitrogens with zero attached hydrogens (tertiary/aromatic N) is 4. The zero-order valence-electron chi connectivity index (χ0n) is 17.6. The quantitative estimate of drug-likeness (QED) is 0.237. The Kier molecular flexibility index (Phi) is 6.53. The van der Waals surface area contributed by atoms with Crippen molar-refractivity contribution in [3.63, 3.8) is 0 Å². The highest BCUT2D eigenvalue weighted by atomic mass is 32.2.